The standard InChI is InChI=1S/C26H25N7/c1-2-4-23-22(3-1)25(30-20-8-5-17(6-9-20)24-28-13-14-29-24)32-33-26(23)31-21-10-7-19-16-27-12-11-18(19)15-21/h1-10,15,27H,11-14,16H2,(H,28,29)(H,30,32)(H,31,33). The van der Waals surface area contributed by atoms with Gasteiger partial charge in [0, 0.05) is 40.8 Å². The van der Waals surface area contributed by atoms with E-state index in [-0.39, 0.29) is 0 Å². The van der Waals surface area contributed by atoms with Gasteiger partial charge in [-0.1, -0.05) is 30.3 Å². The lowest BCUT2D eigenvalue weighted by molar-refractivity contribution is 0.644. The molecule has 7 heteroatoms. The second-order valence-corrected chi connectivity index (χ2v) is 8.34. The van der Waals surface area contributed by atoms with Crippen LogP contribution < -0.4 is 21.3 Å². The molecule has 0 spiro atoms. The zero-order chi connectivity index (χ0) is 22.0. The van der Waals surface area contributed by atoms with E-state index in [0.29, 0.717) is 0 Å². The normalized spacial score (nSPS) is 15.0. The molecule has 0 aliphatic carbocycles. The van der Waals surface area contributed by atoms with Gasteiger partial charge in [0.25, 0.3) is 0 Å². The maximum Gasteiger partial charge on any atom is 0.161 e. The first-order chi connectivity index (χ1) is 16.3. The van der Waals surface area contributed by atoms with Crippen molar-refractivity contribution >= 4 is 39.6 Å². The van der Waals surface area contributed by atoms with Gasteiger partial charge in [-0.15, -0.1) is 10.2 Å². The number of rotatable bonds is 5. The fourth-order valence-electron chi connectivity index (χ4n) is 4.42. The lowest BCUT2D eigenvalue weighted by Crippen LogP contribution is -2.23. The molecule has 0 bridgehead atoms. The van der Waals surface area contributed by atoms with Gasteiger partial charge < -0.3 is 21.3 Å². The number of aromatic nitrogens is 2. The topological polar surface area (TPSA) is 86.3 Å². The second-order valence-electron chi connectivity index (χ2n) is 8.34. The van der Waals surface area contributed by atoms with Crippen molar-refractivity contribution in [3.8, 4) is 0 Å². The Bertz CT molecular complexity index is 1340. The summed E-state index contributed by atoms with van der Waals surface area (Å²) in [6, 6.07) is 22.9. The Hall–Kier alpha value is -3.97. The summed E-state index contributed by atoms with van der Waals surface area (Å²) < 4.78 is 0. The Kier molecular flexibility index (Phi) is 5.08. The van der Waals surface area contributed by atoms with E-state index >= 15 is 0 Å². The van der Waals surface area contributed by atoms with Crippen LogP contribution in [0.15, 0.2) is 71.7 Å². The zero-order valence-corrected chi connectivity index (χ0v) is 18.2. The van der Waals surface area contributed by atoms with Gasteiger partial charge in [0.1, 0.15) is 5.84 Å². The van der Waals surface area contributed by atoms with Crippen LogP contribution in [0.3, 0.4) is 0 Å². The van der Waals surface area contributed by atoms with Crippen LogP contribution >= 0.6 is 0 Å². The average Bonchev–Trinajstić information content (AvgIpc) is 3.41. The minimum Gasteiger partial charge on any atom is -0.368 e. The van der Waals surface area contributed by atoms with Crippen LogP contribution in [-0.4, -0.2) is 35.7 Å². The minimum absolute atomic E-state index is 0.733. The molecule has 0 amide bonds. The van der Waals surface area contributed by atoms with E-state index < -0.39 is 0 Å². The third kappa shape index (κ3) is 3.99. The average molecular weight is 436 g/mol. The molecule has 4 aromatic rings. The first kappa shape index (κ1) is 19.7. The molecule has 0 atom stereocenters. The van der Waals surface area contributed by atoms with Gasteiger partial charge in [0.15, 0.2) is 11.6 Å². The Morgan fingerprint density at radius 3 is 2.18 bits per heavy atom. The van der Waals surface area contributed by atoms with Crippen molar-refractivity contribution in [3.63, 3.8) is 0 Å². The van der Waals surface area contributed by atoms with E-state index in [0.717, 1.165) is 77.8 Å². The fraction of sp³-hybridized carbons (Fsp3) is 0.192. The predicted molar refractivity (Wildman–Crippen MR) is 134 cm³/mol. The lowest BCUT2D eigenvalue weighted by Gasteiger charge is -2.18. The highest BCUT2D eigenvalue weighted by molar-refractivity contribution is 6.01. The first-order valence-corrected chi connectivity index (χ1v) is 11.3. The van der Waals surface area contributed by atoms with Gasteiger partial charge in [0.05, 0.1) is 6.54 Å². The number of hydrogen-bond acceptors (Lipinski definition) is 7. The number of fused-ring (bicyclic) bond motifs is 2. The number of anilines is 4. The maximum absolute atomic E-state index is 4.53. The van der Waals surface area contributed by atoms with Gasteiger partial charge in [-0.05, 0) is 60.5 Å². The van der Waals surface area contributed by atoms with Crippen molar-refractivity contribution in [2.75, 3.05) is 30.3 Å². The molecule has 164 valence electrons. The third-order valence-corrected chi connectivity index (χ3v) is 6.14. The molecular formula is C26H25N7. The Balaban J connectivity index is 1.28. The summed E-state index contributed by atoms with van der Waals surface area (Å²) in [5.74, 6) is 2.45. The number of nitrogens with zero attached hydrogens (tertiary/aromatic N) is 3. The molecule has 6 rings (SSSR count). The molecule has 0 radical (unpaired) electrons. The molecule has 4 N–H and O–H groups in total. The molecule has 2 aliphatic heterocycles. The molecule has 0 saturated heterocycles. The Labute approximate surface area is 192 Å². The number of amidine groups is 1. The first-order valence-electron chi connectivity index (χ1n) is 11.3. The van der Waals surface area contributed by atoms with Crippen molar-refractivity contribution in [2.24, 2.45) is 4.99 Å². The highest BCUT2D eigenvalue weighted by Gasteiger charge is 2.13. The third-order valence-electron chi connectivity index (χ3n) is 6.14. The van der Waals surface area contributed by atoms with E-state index in [4.69, 9.17) is 0 Å². The summed E-state index contributed by atoms with van der Waals surface area (Å²) in [4.78, 5) is 4.48. The largest absolute Gasteiger partial charge is 0.368 e. The summed E-state index contributed by atoms with van der Waals surface area (Å²) in [7, 11) is 0. The van der Waals surface area contributed by atoms with Crippen LogP contribution in [0.5, 0.6) is 0 Å². The molecule has 3 heterocycles. The van der Waals surface area contributed by atoms with E-state index in [2.05, 4.69) is 78.9 Å². The summed E-state index contributed by atoms with van der Waals surface area (Å²) in [6.07, 6.45) is 1.04. The van der Waals surface area contributed by atoms with E-state index in [1.807, 2.05) is 24.3 Å². The quantitative estimate of drug-likeness (QED) is 0.377. The Morgan fingerprint density at radius 1 is 0.727 bits per heavy atom. The molecule has 3 aromatic carbocycles. The summed E-state index contributed by atoms with van der Waals surface area (Å²) in [5, 5.41) is 24.7. The summed E-state index contributed by atoms with van der Waals surface area (Å²) in [6.45, 7) is 3.69. The highest BCUT2D eigenvalue weighted by atomic mass is 15.2. The van der Waals surface area contributed by atoms with Gasteiger partial charge >= 0.3 is 0 Å². The minimum atomic E-state index is 0.733. The van der Waals surface area contributed by atoms with Crippen LogP contribution in [0.25, 0.3) is 10.8 Å². The molecular weight excluding hydrogens is 410 g/mol. The number of aliphatic imine (C=N–C) groups is 1. The van der Waals surface area contributed by atoms with Gasteiger partial charge in [0.2, 0.25) is 0 Å². The van der Waals surface area contributed by atoms with Crippen molar-refractivity contribution < 1.29 is 0 Å². The second kappa shape index (κ2) is 8.52. The van der Waals surface area contributed by atoms with Crippen LogP contribution in [0.4, 0.5) is 23.0 Å². The lowest BCUT2D eigenvalue weighted by atomic mass is 10.0. The maximum atomic E-state index is 4.53. The molecule has 0 fully saturated rings. The smallest absolute Gasteiger partial charge is 0.161 e. The number of nitrogens with one attached hydrogen (secondary N) is 4. The van der Waals surface area contributed by atoms with Crippen LogP contribution in [0.1, 0.15) is 16.7 Å². The molecule has 7 nitrogen and oxygen atoms in total. The SMILES string of the molecule is c1ccc2c(Nc3ccc4c(c3)CCNC4)nnc(Nc3ccc(C4=NCCN4)cc3)c2c1. The van der Waals surface area contributed by atoms with E-state index in [1.165, 1.54) is 11.1 Å². The zero-order valence-electron chi connectivity index (χ0n) is 18.2. The predicted octanol–water partition coefficient (Wildman–Crippen LogP) is 4.11. The van der Waals surface area contributed by atoms with Crippen molar-refractivity contribution in [2.45, 2.75) is 13.0 Å². The summed E-state index contributed by atoms with van der Waals surface area (Å²) in [5.41, 5.74) is 5.84. The van der Waals surface area contributed by atoms with Crippen LogP contribution in [0.2, 0.25) is 0 Å². The van der Waals surface area contributed by atoms with Crippen molar-refractivity contribution in [1.29, 1.82) is 0 Å². The fourth-order valence-corrected chi connectivity index (χ4v) is 4.42. The molecule has 1 aromatic heterocycles. The number of benzene rings is 3. The molecule has 0 saturated carbocycles. The van der Waals surface area contributed by atoms with Gasteiger partial charge in [-0.2, -0.15) is 0 Å². The van der Waals surface area contributed by atoms with Crippen LogP contribution in [-0.2, 0) is 13.0 Å². The highest BCUT2D eigenvalue weighted by Crippen LogP contribution is 2.30. The molecule has 33 heavy (non-hydrogen) atoms. The van der Waals surface area contributed by atoms with E-state index in [1.54, 1.807) is 0 Å². The molecule has 0 unspecified atom stereocenters. The Morgan fingerprint density at radius 2 is 1.45 bits per heavy atom. The summed E-state index contributed by atoms with van der Waals surface area (Å²) >= 11 is 0. The monoisotopic (exact) mass is 435 g/mol. The van der Waals surface area contributed by atoms with Gasteiger partial charge in [-0.25, -0.2) is 0 Å². The van der Waals surface area contributed by atoms with Gasteiger partial charge in [-0.3, -0.25) is 4.99 Å². The van der Waals surface area contributed by atoms with Crippen molar-refractivity contribution in [3.05, 3.63) is 83.4 Å². The molecule has 2 aliphatic rings. The van der Waals surface area contributed by atoms with Crippen molar-refractivity contribution in [1.82, 2.24) is 20.8 Å². The number of hydrogen-bond donors (Lipinski definition) is 4. The van der Waals surface area contributed by atoms with Crippen LogP contribution in [0, 0.1) is 0 Å². The van der Waals surface area contributed by atoms with E-state index in [9.17, 15) is 0 Å².